The van der Waals surface area contributed by atoms with E-state index in [2.05, 4.69) is 86.9 Å². The van der Waals surface area contributed by atoms with Gasteiger partial charge in [-0.1, -0.05) is 42.5 Å². The van der Waals surface area contributed by atoms with E-state index in [1.165, 1.54) is 0 Å². The van der Waals surface area contributed by atoms with Crippen LogP contribution in [0, 0.1) is 0 Å². The van der Waals surface area contributed by atoms with Crippen molar-refractivity contribution in [3.63, 3.8) is 0 Å². The maximum atomic E-state index is 6.76. The zero-order chi connectivity index (χ0) is 20.4. The molecule has 0 atom stereocenters. The second kappa shape index (κ2) is 6.12. The van der Waals surface area contributed by atoms with Crippen LogP contribution < -0.4 is 11.2 Å². The molecule has 0 radical (unpaired) electrons. The minimum absolute atomic E-state index is 0.406. The lowest BCUT2D eigenvalue weighted by atomic mass is 9.77. The van der Waals surface area contributed by atoms with Crippen molar-refractivity contribution in [2.24, 2.45) is 0 Å². The summed E-state index contributed by atoms with van der Waals surface area (Å²) in [4.78, 5) is 0. The summed E-state index contributed by atoms with van der Waals surface area (Å²) in [5.41, 5.74) is 10.9. The highest BCUT2D eigenvalue weighted by atomic mass is 16.7. The number of nitrogen functional groups attached to an aromatic ring is 1. The lowest BCUT2D eigenvalue weighted by Gasteiger charge is -2.32. The minimum Gasteiger partial charge on any atom is -0.399 e. The van der Waals surface area contributed by atoms with Gasteiger partial charge < -0.3 is 19.6 Å². The van der Waals surface area contributed by atoms with Crippen LogP contribution in [0.5, 0.6) is 0 Å². The second-order valence-corrected chi connectivity index (χ2v) is 8.74. The standard InChI is InChI=1S/C24H25BN2O2/c1-23(2)24(3,4)29-25(28-23)18-14-15-20-21(22(18)26)17-12-8-9-13-19(17)27(20)16-10-6-5-7-11-16/h5-15H,26H2,1-4H3. The average molecular weight is 384 g/mol. The summed E-state index contributed by atoms with van der Waals surface area (Å²) in [5, 5.41) is 2.17. The number of aromatic nitrogens is 1. The van der Waals surface area contributed by atoms with Gasteiger partial charge in [0.05, 0.1) is 22.2 Å². The van der Waals surface area contributed by atoms with Crippen molar-refractivity contribution in [3.8, 4) is 5.69 Å². The van der Waals surface area contributed by atoms with Crippen LogP contribution in [0.4, 0.5) is 5.69 Å². The van der Waals surface area contributed by atoms with Gasteiger partial charge in [-0.2, -0.15) is 0 Å². The van der Waals surface area contributed by atoms with Gasteiger partial charge in [-0.15, -0.1) is 0 Å². The van der Waals surface area contributed by atoms with E-state index in [4.69, 9.17) is 15.0 Å². The van der Waals surface area contributed by atoms with Crippen LogP contribution >= 0.6 is 0 Å². The zero-order valence-electron chi connectivity index (χ0n) is 17.3. The molecule has 4 nitrogen and oxygen atoms in total. The van der Waals surface area contributed by atoms with Crippen molar-refractivity contribution in [2.75, 3.05) is 5.73 Å². The highest BCUT2D eigenvalue weighted by Crippen LogP contribution is 2.39. The van der Waals surface area contributed by atoms with Crippen LogP contribution in [0.3, 0.4) is 0 Å². The molecule has 5 rings (SSSR count). The molecule has 1 aliphatic heterocycles. The van der Waals surface area contributed by atoms with E-state index in [1.807, 2.05) is 12.1 Å². The van der Waals surface area contributed by atoms with Gasteiger partial charge in [0.25, 0.3) is 0 Å². The maximum Gasteiger partial charge on any atom is 0.496 e. The molecular weight excluding hydrogens is 359 g/mol. The SMILES string of the molecule is CC1(C)OB(c2ccc3c(c2N)c2ccccc2n3-c2ccccc2)OC1(C)C. The van der Waals surface area contributed by atoms with Gasteiger partial charge in [-0.05, 0) is 52.0 Å². The van der Waals surface area contributed by atoms with E-state index in [9.17, 15) is 0 Å². The molecule has 0 amide bonds. The summed E-state index contributed by atoms with van der Waals surface area (Å²) in [6, 6.07) is 22.9. The Bertz CT molecular complexity index is 1210. The number of nitrogens with zero attached hydrogens (tertiary/aromatic N) is 1. The highest BCUT2D eigenvalue weighted by molar-refractivity contribution is 6.64. The number of rotatable bonds is 2. The van der Waals surface area contributed by atoms with E-state index in [0.717, 1.165) is 33.0 Å². The number of nitrogens with two attached hydrogens (primary N) is 1. The van der Waals surface area contributed by atoms with Crippen LogP contribution in [-0.2, 0) is 9.31 Å². The van der Waals surface area contributed by atoms with Crippen molar-refractivity contribution in [1.82, 2.24) is 4.57 Å². The molecule has 2 heterocycles. The van der Waals surface area contributed by atoms with Crippen molar-refractivity contribution in [1.29, 1.82) is 0 Å². The molecule has 0 bridgehead atoms. The van der Waals surface area contributed by atoms with Gasteiger partial charge in [-0.3, -0.25) is 0 Å². The van der Waals surface area contributed by atoms with Crippen LogP contribution in [-0.4, -0.2) is 22.9 Å². The second-order valence-electron chi connectivity index (χ2n) is 8.74. The summed E-state index contributed by atoms with van der Waals surface area (Å²) < 4.78 is 14.8. The highest BCUT2D eigenvalue weighted by Gasteiger charge is 2.52. The van der Waals surface area contributed by atoms with Crippen molar-refractivity contribution in [2.45, 2.75) is 38.9 Å². The van der Waals surface area contributed by atoms with Crippen LogP contribution in [0.1, 0.15) is 27.7 Å². The van der Waals surface area contributed by atoms with E-state index >= 15 is 0 Å². The lowest BCUT2D eigenvalue weighted by molar-refractivity contribution is 0.00578. The normalized spacial score (nSPS) is 18.0. The molecule has 1 fully saturated rings. The van der Waals surface area contributed by atoms with Gasteiger partial charge in [0.1, 0.15) is 0 Å². The first kappa shape index (κ1) is 18.3. The minimum atomic E-state index is -0.483. The number of fused-ring (bicyclic) bond motifs is 3. The molecule has 0 spiro atoms. The third-order valence-corrected chi connectivity index (χ3v) is 6.43. The number of para-hydroxylation sites is 2. The third-order valence-electron chi connectivity index (χ3n) is 6.43. The molecule has 0 saturated carbocycles. The number of hydrogen-bond acceptors (Lipinski definition) is 3. The fourth-order valence-electron chi connectivity index (χ4n) is 4.13. The molecule has 1 aromatic heterocycles. The molecule has 2 N–H and O–H groups in total. The molecule has 5 heteroatoms. The van der Waals surface area contributed by atoms with Gasteiger partial charge in [0, 0.05) is 27.6 Å². The Kier molecular flexibility index (Phi) is 3.86. The molecule has 4 aromatic rings. The Balaban J connectivity index is 1.77. The van der Waals surface area contributed by atoms with Crippen LogP contribution in [0.2, 0.25) is 0 Å². The quantitative estimate of drug-likeness (QED) is 0.404. The van der Waals surface area contributed by atoms with Gasteiger partial charge in [-0.25, -0.2) is 0 Å². The topological polar surface area (TPSA) is 49.4 Å². The van der Waals surface area contributed by atoms with Crippen molar-refractivity contribution >= 4 is 40.1 Å². The largest absolute Gasteiger partial charge is 0.496 e. The Labute approximate surface area is 171 Å². The Morgan fingerprint density at radius 3 is 2.07 bits per heavy atom. The fourth-order valence-corrected chi connectivity index (χ4v) is 4.13. The van der Waals surface area contributed by atoms with E-state index < -0.39 is 18.3 Å². The van der Waals surface area contributed by atoms with Gasteiger partial charge in [0.2, 0.25) is 0 Å². The Morgan fingerprint density at radius 2 is 1.38 bits per heavy atom. The summed E-state index contributed by atoms with van der Waals surface area (Å²) >= 11 is 0. The Hall–Kier alpha value is -2.76. The molecule has 1 aliphatic rings. The fraction of sp³-hybridized carbons (Fsp3) is 0.250. The van der Waals surface area contributed by atoms with Crippen LogP contribution in [0.15, 0.2) is 66.7 Å². The van der Waals surface area contributed by atoms with E-state index in [0.29, 0.717) is 5.69 Å². The van der Waals surface area contributed by atoms with Crippen molar-refractivity contribution in [3.05, 3.63) is 66.7 Å². The predicted octanol–water partition coefficient (Wildman–Crippen LogP) is 4.67. The molecule has 146 valence electrons. The average Bonchev–Trinajstić information content (AvgIpc) is 3.13. The summed E-state index contributed by atoms with van der Waals surface area (Å²) in [5.74, 6) is 0. The number of anilines is 1. The molecule has 0 aliphatic carbocycles. The summed E-state index contributed by atoms with van der Waals surface area (Å²) in [6.45, 7) is 8.23. The van der Waals surface area contributed by atoms with Gasteiger partial charge in [0.15, 0.2) is 0 Å². The van der Waals surface area contributed by atoms with Crippen molar-refractivity contribution < 1.29 is 9.31 Å². The monoisotopic (exact) mass is 384 g/mol. The lowest BCUT2D eigenvalue weighted by Crippen LogP contribution is -2.41. The van der Waals surface area contributed by atoms with Gasteiger partial charge >= 0.3 is 7.12 Å². The maximum absolute atomic E-state index is 6.76. The first-order valence-corrected chi connectivity index (χ1v) is 10.0. The molecule has 0 unspecified atom stereocenters. The predicted molar refractivity (Wildman–Crippen MR) is 121 cm³/mol. The van der Waals surface area contributed by atoms with Crippen LogP contribution in [0.25, 0.3) is 27.5 Å². The van der Waals surface area contributed by atoms with E-state index in [-0.39, 0.29) is 0 Å². The zero-order valence-corrected chi connectivity index (χ0v) is 17.3. The molecule has 29 heavy (non-hydrogen) atoms. The summed E-state index contributed by atoms with van der Waals surface area (Å²) in [7, 11) is -0.483. The molecule has 1 saturated heterocycles. The third kappa shape index (κ3) is 2.61. The first-order valence-electron chi connectivity index (χ1n) is 10.0. The van der Waals surface area contributed by atoms with E-state index in [1.54, 1.807) is 0 Å². The molecular formula is C24H25BN2O2. The number of hydrogen-bond donors (Lipinski definition) is 1. The molecule has 3 aromatic carbocycles. The Morgan fingerprint density at radius 1 is 0.759 bits per heavy atom. The smallest absolute Gasteiger partial charge is 0.399 e. The summed E-state index contributed by atoms with van der Waals surface area (Å²) in [6.07, 6.45) is 0. The first-order chi connectivity index (χ1) is 13.8. The number of benzene rings is 3.